The molecule has 0 heterocycles. The Morgan fingerprint density at radius 2 is 0.500 bits per heavy atom. The monoisotopic (exact) mass is 1060 g/mol. The van der Waals surface area contributed by atoms with Gasteiger partial charge in [0.1, 0.15) is 0 Å². The third kappa shape index (κ3) is 9.44. The van der Waals surface area contributed by atoms with Gasteiger partial charge in [-0.1, -0.05) is 161 Å². The summed E-state index contributed by atoms with van der Waals surface area (Å²) in [6.45, 7) is 27.1. The van der Waals surface area contributed by atoms with Gasteiger partial charge in [0.15, 0.2) is 0 Å². The molecule has 2 nitrogen and oxygen atoms in total. The number of hydrogen-bond acceptors (Lipinski definition) is 2. The van der Waals surface area contributed by atoms with Crippen molar-refractivity contribution in [2.24, 2.45) is 0 Å². The number of nitrogens with zero attached hydrogens (tertiary/aromatic N) is 2. The normalized spacial score (nSPS) is 13.7. The van der Waals surface area contributed by atoms with Crippen molar-refractivity contribution in [2.45, 2.75) is 93.9 Å². The number of hydrogen-bond donors (Lipinski definition) is 0. The zero-order chi connectivity index (χ0) is 56.9. The van der Waals surface area contributed by atoms with Crippen LogP contribution in [0.15, 0.2) is 194 Å². The van der Waals surface area contributed by atoms with Crippen molar-refractivity contribution in [2.75, 3.05) is 9.80 Å². The quantitative estimate of drug-likeness (QED) is 0.0995. The van der Waals surface area contributed by atoms with Gasteiger partial charge in [0, 0.05) is 45.0 Å². The lowest BCUT2D eigenvalue weighted by Crippen LogP contribution is -2.17. The van der Waals surface area contributed by atoms with Gasteiger partial charge in [-0.25, -0.2) is 0 Å². The summed E-state index contributed by atoms with van der Waals surface area (Å²) in [5.41, 5.74) is 32.4. The summed E-state index contributed by atoms with van der Waals surface area (Å²) < 4.78 is 0. The Balaban J connectivity index is 0.730. The van der Waals surface area contributed by atoms with Crippen LogP contribution < -0.4 is 9.80 Å². The van der Waals surface area contributed by atoms with Crippen LogP contribution in [0.5, 0.6) is 0 Å². The molecule has 0 unspecified atom stereocenters. The summed E-state index contributed by atoms with van der Waals surface area (Å²) in [5, 5.41) is 5.02. The second kappa shape index (κ2) is 19.9. The van der Waals surface area contributed by atoms with Crippen molar-refractivity contribution in [3.05, 3.63) is 283 Å². The van der Waals surface area contributed by atoms with Gasteiger partial charge in [-0.05, 0) is 273 Å². The first-order chi connectivity index (χ1) is 39.3. The lowest BCUT2D eigenvalue weighted by molar-refractivity contribution is 0.660. The summed E-state index contributed by atoms with van der Waals surface area (Å²) in [6.07, 6.45) is 9.09. The predicted octanol–water partition coefficient (Wildman–Crippen LogP) is 22.4. The molecule has 2 heteroatoms. The van der Waals surface area contributed by atoms with Crippen LogP contribution in [0.3, 0.4) is 0 Å². The first-order valence-corrected chi connectivity index (χ1v) is 29.2. The second-order valence-electron chi connectivity index (χ2n) is 25.1. The van der Waals surface area contributed by atoms with Crippen LogP contribution >= 0.6 is 0 Å². The van der Waals surface area contributed by atoms with Crippen LogP contribution in [0, 0.1) is 55.4 Å². The van der Waals surface area contributed by atoms with Crippen LogP contribution in [0.4, 0.5) is 34.1 Å². The molecule has 2 aliphatic carbocycles. The fourth-order valence-electron chi connectivity index (χ4n) is 13.9. The zero-order valence-electron chi connectivity index (χ0n) is 49.7. The smallest absolute Gasteiger partial charge is 0.0466 e. The molecule has 0 amide bonds. The number of anilines is 6. The van der Waals surface area contributed by atoms with Crippen molar-refractivity contribution < 1.29 is 0 Å². The average molecular weight is 1060 g/mol. The minimum atomic E-state index is -0.174. The number of fused-ring (bicyclic) bond motifs is 9. The molecule has 0 aromatic heterocycles. The van der Waals surface area contributed by atoms with E-state index in [1.165, 1.54) is 167 Å². The van der Waals surface area contributed by atoms with Crippen LogP contribution in [0.1, 0.15) is 117 Å². The standard InChI is InChI=1S/C80H72N2/c1-49-31-50(2)36-65(35-49)81(66-37-51(3)32-52(4)38-66)63-23-29-73-71-27-19-59(45-75(71)79(9,10)77(73)47-63)15-13-57-17-25-69-61(43-57)21-22-62-44-58(18-26-70(62)69)14-16-60-20-28-72-74-30-24-64(48-78(74)80(11,12)76(72)46-60)82(67-39-53(5)33-54(6)40-67)68-41-55(7)34-56(8)42-68/h13-48H,1-12H3. The Bertz CT molecular complexity index is 4030. The van der Waals surface area contributed by atoms with E-state index in [0.717, 1.165) is 0 Å². The Morgan fingerprint density at radius 1 is 0.244 bits per heavy atom. The van der Waals surface area contributed by atoms with Gasteiger partial charge in [-0.15, -0.1) is 0 Å². The highest BCUT2D eigenvalue weighted by atomic mass is 15.1. The Morgan fingerprint density at radius 3 is 0.805 bits per heavy atom. The molecule has 0 bridgehead atoms. The van der Waals surface area contributed by atoms with Crippen molar-refractivity contribution >= 4 is 80.0 Å². The summed E-state index contributed by atoms with van der Waals surface area (Å²) in [6, 6.07) is 74.0. The molecule has 13 rings (SSSR count). The third-order valence-electron chi connectivity index (χ3n) is 17.6. The molecule has 0 saturated carbocycles. The van der Waals surface area contributed by atoms with E-state index in [0.29, 0.717) is 0 Å². The van der Waals surface area contributed by atoms with E-state index in [1.54, 1.807) is 0 Å². The lowest BCUT2D eigenvalue weighted by atomic mass is 9.81. The first kappa shape index (κ1) is 52.4. The van der Waals surface area contributed by atoms with E-state index >= 15 is 0 Å². The molecule has 0 N–H and O–H groups in total. The molecule has 11 aromatic rings. The predicted molar refractivity (Wildman–Crippen MR) is 355 cm³/mol. The molecule has 0 spiro atoms. The van der Waals surface area contributed by atoms with E-state index in [2.05, 4.69) is 311 Å². The van der Waals surface area contributed by atoms with E-state index in [9.17, 15) is 0 Å². The van der Waals surface area contributed by atoms with Gasteiger partial charge in [-0.3, -0.25) is 0 Å². The van der Waals surface area contributed by atoms with Gasteiger partial charge >= 0.3 is 0 Å². The Labute approximate surface area is 486 Å². The first-order valence-electron chi connectivity index (χ1n) is 29.2. The number of aryl methyl sites for hydroxylation is 8. The van der Waals surface area contributed by atoms with Crippen molar-refractivity contribution in [3.63, 3.8) is 0 Å². The third-order valence-corrected chi connectivity index (χ3v) is 17.6. The maximum atomic E-state index is 2.44. The average Bonchev–Trinajstić information content (AvgIpc) is 2.69. The summed E-state index contributed by atoms with van der Waals surface area (Å²) in [5.74, 6) is 0. The van der Waals surface area contributed by atoms with Crippen LogP contribution in [-0.4, -0.2) is 0 Å². The van der Waals surface area contributed by atoms with Gasteiger partial charge in [0.25, 0.3) is 0 Å². The van der Waals surface area contributed by atoms with Crippen molar-refractivity contribution in [1.29, 1.82) is 0 Å². The highest BCUT2D eigenvalue weighted by molar-refractivity contribution is 6.08. The molecule has 0 saturated heterocycles. The highest BCUT2D eigenvalue weighted by Crippen LogP contribution is 2.53. The number of rotatable bonds is 10. The van der Waals surface area contributed by atoms with E-state index < -0.39 is 0 Å². The fraction of sp³-hybridized carbons (Fsp3) is 0.175. The molecular formula is C80H72N2. The Hall–Kier alpha value is -8.98. The summed E-state index contributed by atoms with van der Waals surface area (Å²) in [4.78, 5) is 4.88. The van der Waals surface area contributed by atoms with Crippen LogP contribution in [-0.2, 0) is 10.8 Å². The lowest BCUT2D eigenvalue weighted by Gasteiger charge is -2.29. The maximum Gasteiger partial charge on any atom is 0.0466 e. The van der Waals surface area contributed by atoms with Gasteiger partial charge < -0.3 is 9.80 Å². The minimum Gasteiger partial charge on any atom is -0.310 e. The topological polar surface area (TPSA) is 6.48 Å². The van der Waals surface area contributed by atoms with Gasteiger partial charge in [0.05, 0.1) is 0 Å². The zero-order valence-corrected chi connectivity index (χ0v) is 49.7. The highest BCUT2D eigenvalue weighted by Gasteiger charge is 2.38. The van der Waals surface area contributed by atoms with E-state index in [1.807, 2.05) is 0 Å². The molecule has 0 radical (unpaired) electrons. The van der Waals surface area contributed by atoms with Crippen LogP contribution in [0.2, 0.25) is 0 Å². The summed E-state index contributed by atoms with van der Waals surface area (Å²) in [7, 11) is 0. The fourth-order valence-corrected chi connectivity index (χ4v) is 13.9. The van der Waals surface area contributed by atoms with E-state index in [-0.39, 0.29) is 10.8 Å². The molecule has 0 fully saturated rings. The van der Waals surface area contributed by atoms with Gasteiger partial charge in [-0.2, -0.15) is 0 Å². The molecular weight excluding hydrogens is 989 g/mol. The second-order valence-corrected chi connectivity index (χ2v) is 25.1. The van der Waals surface area contributed by atoms with Gasteiger partial charge in [0.2, 0.25) is 0 Å². The Kier molecular flexibility index (Phi) is 12.7. The largest absolute Gasteiger partial charge is 0.310 e. The van der Waals surface area contributed by atoms with Crippen molar-refractivity contribution in [3.8, 4) is 22.3 Å². The molecule has 82 heavy (non-hydrogen) atoms. The molecule has 11 aromatic carbocycles. The molecule has 402 valence electrons. The maximum absolute atomic E-state index is 2.44. The number of benzene rings is 11. The molecule has 0 atom stereocenters. The van der Waals surface area contributed by atoms with Crippen LogP contribution in [0.25, 0.3) is 68.1 Å². The van der Waals surface area contributed by atoms with E-state index in [4.69, 9.17) is 0 Å². The minimum absolute atomic E-state index is 0.174. The van der Waals surface area contributed by atoms with Crippen molar-refractivity contribution in [1.82, 2.24) is 0 Å². The SMILES string of the molecule is Cc1cc(C)cc(N(c2cc(C)cc(C)c2)c2ccc3c(c2)C(C)(C)c2cc(C=Cc4ccc5c(ccc6cc(C=Cc7ccc8c(c7)C(C)(C)c7cc(N(c9cc(C)cc(C)c9)c9cc(C)cc(C)c9)ccc7-8)ccc65)c4)ccc2-3)c1. The summed E-state index contributed by atoms with van der Waals surface area (Å²) >= 11 is 0. The molecule has 0 aliphatic heterocycles. The molecule has 2 aliphatic rings.